The Labute approximate surface area is 126 Å². The van der Waals surface area contributed by atoms with Gasteiger partial charge in [-0.05, 0) is 26.2 Å². The van der Waals surface area contributed by atoms with Crippen molar-refractivity contribution in [2.24, 2.45) is 5.92 Å². The highest BCUT2D eigenvalue weighted by Gasteiger charge is 2.15. The van der Waals surface area contributed by atoms with Crippen LogP contribution in [-0.4, -0.2) is 12.6 Å². The van der Waals surface area contributed by atoms with Crippen molar-refractivity contribution in [1.29, 1.82) is 0 Å². The lowest BCUT2D eigenvalue weighted by atomic mass is 9.99. The van der Waals surface area contributed by atoms with Crippen LogP contribution in [0.5, 0.6) is 0 Å². The van der Waals surface area contributed by atoms with Gasteiger partial charge in [-0.3, -0.25) is 0 Å². The summed E-state index contributed by atoms with van der Waals surface area (Å²) >= 11 is 0. The Morgan fingerprint density at radius 2 is 1.40 bits per heavy atom. The van der Waals surface area contributed by atoms with Crippen LogP contribution in [0.25, 0.3) is 0 Å². The highest BCUT2D eigenvalue weighted by Crippen LogP contribution is 2.16. The Balaban J connectivity index is 3.65. The van der Waals surface area contributed by atoms with E-state index < -0.39 is 0 Å². The Morgan fingerprint density at radius 1 is 0.900 bits per heavy atom. The third-order valence-corrected chi connectivity index (χ3v) is 3.57. The number of carbonyl (C=O) groups excluding carboxylic acids is 1. The maximum atomic E-state index is 12.0. The summed E-state index contributed by atoms with van der Waals surface area (Å²) in [6.07, 6.45) is 10.1. The number of allylic oxidation sites excluding steroid dienone is 1. The van der Waals surface area contributed by atoms with E-state index in [1.54, 1.807) is 0 Å². The molecule has 0 aromatic carbocycles. The Morgan fingerprint density at radius 3 is 1.85 bits per heavy atom. The lowest BCUT2D eigenvalue weighted by molar-refractivity contribution is -0.139. The van der Waals surface area contributed by atoms with Gasteiger partial charge in [-0.15, -0.1) is 0 Å². The molecule has 0 saturated heterocycles. The summed E-state index contributed by atoms with van der Waals surface area (Å²) in [6, 6.07) is 0. The first-order valence-electron chi connectivity index (χ1n) is 8.35. The van der Waals surface area contributed by atoms with Gasteiger partial charge >= 0.3 is 5.97 Å². The zero-order valence-electron chi connectivity index (χ0n) is 14.3. The molecule has 0 aromatic rings. The van der Waals surface area contributed by atoms with E-state index in [0.717, 1.165) is 17.6 Å². The smallest absolute Gasteiger partial charge is 0.334 e. The van der Waals surface area contributed by atoms with Gasteiger partial charge in [0, 0.05) is 5.57 Å². The molecule has 0 heterocycles. The summed E-state index contributed by atoms with van der Waals surface area (Å²) in [6.45, 7) is 10.9. The molecule has 0 atom stereocenters. The van der Waals surface area contributed by atoms with Crippen molar-refractivity contribution in [1.82, 2.24) is 0 Å². The maximum Gasteiger partial charge on any atom is 0.334 e. The number of esters is 1. The van der Waals surface area contributed by atoms with Gasteiger partial charge in [-0.2, -0.15) is 0 Å². The Kier molecular flexibility index (Phi) is 11.5. The van der Waals surface area contributed by atoms with Crippen molar-refractivity contribution in [3.8, 4) is 0 Å². The third-order valence-electron chi connectivity index (χ3n) is 3.57. The molecule has 0 unspecified atom stereocenters. The summed E-state index contributed by atoms with van der Waals surface area (Å²) in [5.74, 6) is 0.119. The molecule has 0 fully saturated rings. The quantitative estimate of drug-likeness (QED) is 0.277. The number of hydrogen-bond acceptors (Lipinski definition) is 2. The standard InChI is InChI=1S/C18H34O2/c1-6-7-8-9-10-11-12-13-14-20-18(19)17(15(2)3)16(4)5/h15H,6-14H2,1-5H3. The van der Waals surface area contributed by atoms with E-state index in [2.05, 4.69) is 6.92 Å². The zero-order valence-corrected chi connectivity index (χ0v) is 14.3. The molecule has 0 rings (SSSR count). The van der Waals surface area contributed by atoms with Gasteiger partial charge in [0.05, 0.1) is 6.61 Å². The molecular formula is C18H34O2. The van der Waals surface area contributed by atoms with Gasteiger partial charge in [0.1, 0.15) is 0 Å². The van der Waals surface area contributed by atoms with E-state index in [1.807, 2.05) is 27.7 Å². The first-order valence-corrected chi connectivity index (χ1v) is 8.35. The van der Waals surface area contributed by atoms with Crippen LogP contribution in [0.15, 0.2) is 11.1 Å². The first kappa shape index (κ1) is 19.2. The number of unbranched alkanes of at least 4 members (excludes halogenated alkanes) is 7. The molecule has 0 aliphatic heterocycles. The summed E-state index contributed by atoms with van der Waals surface area (Å²) in [5.41, 5.74) is 1.91. The van der Waals surface area contributed by atoms with Gasteiger partial charge < -0.3 is 4.74 Å². The predicted octanol–water partition coefficient (Wildman–Crippen LogP) is 5.66. The zero-order chi connectivity index (χ0) is 15.4. The third kappa shape index (κ3) is 9.17. The van der Waals surface area contributed by atoms with Crippen LogP contribution in [0.3, 0.4) is 0 Å². The lowest BCUT2D eigenvalue weighted by Crippen LogP contribution is -2.14. The van der Waals surface area contributed by atoms with Crippen LogP contribution in [0.1, 0.15) is 86.0 Å². The molecule has 118 valence electrons. The van der Waals surface area contributed by atoms with Crippen molar-refractivity contribution in [3.05, 3.63) is 11.1 Å². The van der Waals surface area contributed by atoms with Crippen LogP contribution in [0, 0.1) is 5.92 Å². The number of ether oxygens (including phenoxy) is 1. The first-order chi connectivity index (χ1) is 9.50. The summed E-state index contributed by atoms with van der Waals surface area (Å²) < 4.78 is 5.38. The summed E-state index contributed by atoms with van der Waals surface area (Å²) in [7, 11) is 0. The summed E-state index contributed by atoms with van der Waals surface area (Å²) in [4.78, 5) is 12.0. The lowest BCUT2D eigenvalue weighted by Gasteiger charge is -2.13. The van der Waals surface area contributed by atoms with Crippen LogP contribution in [0.4, 0.5) is 0 Å². The molecule has 0 aliphatic rings. The van der Waals surface area contributed by atoms with E-state index >= 15 is 0 Å². The molecule has 0 aromatic heterocycles. The Hall–Kier alpha value is -0.790. The van der Waals surface area contributed by atoms with Crippen LogP contribution in [0.2, 0.25) is 0 Å². The van der Waals surface area contributed by atoms with Crippen molar-refractivity contribution < 1.29 is 9.53 Å². The van der Waals surface area contributed by atoms with Crippen molar-refractivity contribution in [3.63, 3.8) is 0 Å². The number of carbonyl (C=O) groups is 1. The van der Waals surface area contributed by atoms with Gasteiger partial charge in [-0.1, -0.05) is 71.3 Å². The molecule has 0 radical (unpaired) electrons. The fourth-order valence-electron chi connectivity index (χ4n) is 2.50. The SMILES string of the molecule is CCCCCCCCCCOC(=O)C(=C(C)C)C(C)C. The van der Waals surface area contributed by atoms with Crippen molar-refractivity contribution in [2.75, 3.05) is 6.61 Å². The minimum Gasteiger partial charge on any atom is -0.462 e. The maximum absolute atomic E-state index is 12.0. The molecular weight excluding hydrogens is 248 g/mol. The molecule has 2 nitrogen and oxygen atoms in total. The molecule has 0 aliphatic carbocycles. The van der Waals surface area contributed by atoms with Gasteiger partial charge in [0.25, 0.3) is 0 Å². The average Bonchev–Trinajstić information content (AvgIpc) is 2.36. The molecule has 0 spiro atoms. The average molecular weight is 282 g/mol. The minimum atomic E-state index is -0.122. The van der Waals surface area contributed by atoms with E-state index in [-0.39, 0.29) is 11.9 Å². The van der Waals surface area contributed by atoms with Gasteiger partial charge in [-0.25, -0.2) is 4.79 Å². The predicted molar refractivity (Wildman–Crippen MR) is 86.8 cm³/mol. The number of rotatable bonds is 11. The van der Waals surface area contributed by atoms with Crippen LogP contribution in [-0.2, 0) is 9.53 Å². The molecule has 0 saturated carbocycles. The molecule has 0 N–H and O–H groups in total. The summed E-state index contributed by atoms with van der Waals surface area (Å²) in [5, 5.41) is 0. The molecule has 0 amide bonds. The van der Waals surface area contributed by atoms with Crippen molar-refractivity contribution in [2.45, 2.75) is 86.0 Å². The van der Waals surface area contributed by atoms with Gasteiger partial charge in [0.15, 0.2) is 0 Å². The highest BCUT2D eigenvalue weighted by atomic mass is 16.5. The molecule has 0 bridgehead atoms. The van der Waals surface area contributed by atoms with Gasteiger partial charge in [0.2, 0.25) is 0 Å². The Bertz CT molecular complexity index is 286. The highest BCUT2D eigenvalue weighted by molar-refractivity contribution is 5.89. The van der Waals surface area contributed by atoms with E-state index in [4.69, 9.17) is 4.74 Å². The minimum absolute atomic E-state index is 0.122. The largest absolute Gasteiger partial charge is 0.462 e. The van der Waals surface area contributed by atoms with Crippen LogP contribution < -0.4 is 0 Å². The fraction of sp³-hybridized carbons (Fsp3) is 0.833. The second-order valence-corrected chi connectivity index (χ2v) is 6.18. The van der Waals surface area contributed by atoms with E-state index in [0.29, 0.717) is 6.61 Å². The fourth-order valence-corrected chi connectivity index (χ4v) is 2.50. The second kappa shape index (κ2) is 12.0. The molecule has 2 heteroatoms. The van der Waals surface area contributed by atoms with E-state index in [1.165, 1.54) is 44.9 Å². The van der Waals surface area contributed by atoms with E-state index in [9.17, 15) is 4.79 Å². The normalized spacial score (nSPS) is 10.7. The second-order valence-electron chi connectivity index (χ2n) is 6.18. The number of hydrogen-bond donors (Lipinski definition) is 0. The molecule has 20 heavy (non-hydrogen) atoms. The topological polar surface area (TPSA) is 26.3 Å². The van der Waals surface area contributed by atoms with Crippen molar-refractivity contribution >= 4 is 5.97 Å². The monoisotopic (exact) mass is 282 g/mol. The van der Waals surface area contributed by atoms with Crippen LogP contribution >= 0.6 is 0 Å².